The molecule has 1 saturated carbocycles. The molecule has 0 atom stereocenters. The minimum Gasteiger partial charge on any atom is -0.430 e. The van der Waals surface area contributed by atoms with E-state index in [1.54, 1.807) is 10.9 Å². The van der Waals surface area contributed by atoms with Crippen LogP contribution in [-0.4, -0.2) is 20.8 Å². The molecule has 0 radical (unpaired) electrons. The van der Waals surface area contributed by atoms with Crippen LogP contribution in [0, 0.1) is 13.8 Å². The van der Waals surface area contributed by atoms with Crippen molar-refractivity contribution < 1.29 is 4.42 Å². The molecule has 18 heavy (non-hydrogen) atoms. The van der Waals surface area contributed by atoms with Crippen LogP contribution < -0.4 is 5.32 Å². The van der Waals surface area contributed by atoms with Gasteiger partial charge in [-0.25, -0.2) is 0 Å². The van der Waals surface area contributed by atoms with Gasteiger partial charge in [0.1, 0.15) is 6.26 Å². The van der Waals surface area contributed by atoms with E-state index in [2.05, 4.69) is 31.3 Å². The molecule has 0 spiro atoms. The van der Waals surface area contributed by atoms with Crippen LogP contribution >= 0.6 is 15.9 Å². The van der Waals surface area contributed by atoms with Crippen LogP contribution in [0.2, 0.25) is 0 Å². The average molecular weight is 311 g/mol. The molecule has 3 rings (SSSR count). The molecule has 0 unspecified atom stereocenters. The fraction of sp³-hybridized carbons (Fsp3) is 0.500. The number of nitrogens with zero attached hydrogens (tertiary/aromatic N) is 3. The molecular weight excluding hydrogens is 296 g/mol. The fourth-order valence-corrected chi connectivity index (χ4v) is 2.07. The number of oxazole rings is 1. The molecule has 1 fully saturated rings. The largest absolute Gasteiger partial charge is 0.430 e. The topological polar surface area (TPSA) is 55.9 Å². The smallest absolute Gasteiger partial charge is 0.323 e. The lowest BCUT2D eigenvalue weighted by molar-refractivity contribution is 0.504. The van der Waals surface area contributed by atoms with Gasteiger partial charge >= 0.3 is 6.01 Å². The van der Waals surface area contributed by atoms with E-state index in [4.69, 9.17) is 4.42 Å². The lowest BCUT2D eigenvalue weighted by Crippen LogP contribution is -2.15. The van der Waals surface area contributed by atoms with Crippen LogP contribution in [0.1, 0.15) is 29.9 Å². The van der Waals surface area contributed by atoms with Gasteiger partial charge in [-0.3, -0.25) is 0 Å². The summed E-state index contributed by atoms with van der Waals surface area (Å²) in [5.41, 5.74) is 2.85. The Balaban J connectivity index is 1.80. The highest BCUT2D eigenvalue weighted by Crippen LogP contribution is 2.23. The summed E-state index contributed by atoms with van der Waals surface area (Å²) >= 11 is 3.50. The second kappa shape index (κ2) is 4.51. The maximum absolute atomic E-state index is 5.48. The highest BCUT2D eigenvalue weighted by atomic mass is 79.9. The van der Waals surface area contributed by atoms with Gasteiger partial charge in [-0.05, 0) is 42.6 Å². The summed E-state index contributed by atoms with van der Waals surface area (Å²) in [6.07, 6.45) is 4.24. The number of hydrogen-bond donors (Lipinski definition) is 1. The molecule has 2 aromatic heterocycles. The van der Waals surface area contributed by atoms with Crippen molar-refractivity contribution in [2.75, 3.05) is 0 Å². The molecule has 2 aromatic rings. The molecule has 0 aliphatic heterocycles. The minimum absolute atomic E-state index is 0.522. The number of aromatic nitrogens is 3. The van der Waals surface area contributed by atoms with Crippen LogP contribution in [0.4, 0.5) is 0 Å². The number of rotatable bonds is 4. The van der Waals surface area contributed by atoms with Gasteiger partial charge in [0.2, 0.25) is 0 Å². The molecule has 6 heteroatoms. The van der Waals surface area contributed by atoms with Gasteiger partial charge < -0.3 is 9.73 Å². The van der Waals surface area contributed by atoms with Gasteiger partial charge in [0.05, 0.1) is 21.6 Å². The first kappa shape index (κ1) is 11.9. The molecule has 5 nitrogen and oxygen atoms in total. The van der Waals surface area contributed by atoms with Crippen molar-refractivity contribution in [3.63, 3.8) is 0 Å². The van der Waals surface area contributed by atoms with Crippen LogP contribution in [0.3, 0.4) is 0 Å². The summed E-state index contributed by atoms with van der Waals surface area (Å²) in [7, 11) is 0. The summed E-state index contributed by atoms with van der Waals surface area (Å²) in [5.74, 6) is 0. The van der Waals surface area contributed by atoms with E-state index in [1.165, 1.54) is 12.8 Å². The van der Waals surface area contributed by atoms with Crippen LogP contribution in [0.25, 0.3) is 6.01 Å². The van der Waals surface area contributed by atoms with E-state index < -0.39 is 0 Å². The highest BCUT2D eigenvalue weighted by molar-refractivity contribution is 9.10. The van der Waals surface area contributed by atoms with Gasteiger partial charge in [0.15, 0.2) is 0 Å². The number of nitrogens with one attached hydrogen (secondary N) is 1. The second-order valence-corrected chi connectivity index (χ2v) is 5.47. The third kappa shape index (κ3) is 2.22. The predicted octanol–water partition coefficient (Wildman–Crippen LogP) is 2.49. The minimum atomic E-state index is 0.522. The molecule has 1 aliphatic rings. The first-order valence-electron chi connectivity index (χ1n) is 6.05. The van der Waals surface area contributed by atoms with E-state index >= 15 is 0 Å². The number of hydrogen-bond acceptors (Lipinski definition) is 4. The molecule has 1 aliphatic carbocycles. The Labute approximate surface area is 114 Å². The number of halogens is 1. The molecule has 0 amide bonds. The van der Waals surface area contributed by atoms with Crippen molar-refractivity contribution in [3.8, 4) is 6.01 Å². The van der Waals surface area contributed by atoms with Gasteiger partial charge in [-0.15, -0.1) is 0 Å². The summed E-state index contributed by atoms with van der Waals surface area (Å²) in [4.78, 5) is 4.45. The summed E-state index contributed by atoms with van der Waals surface area (Å²) < 4.78 is 8.20. The summed E-state index contributed by atoms with van der Waals surface area (Å²) in [6, 6.07) is 1.20. The van der Waals surface area contributed by atoms with Crippen molar-refractivity contribution in [3.05, 3.63) is 27.8 Å². The van der Waals surface area contributed by atoms with Crippen LogP contribution in [0.15, 0.2) is 15.2 Å². The Morgan fingerprint density at radius 2 is 2.28 bits per heavy atom. The average Bonchev–Trinajstić information content (AvgIpc) is 3.02. The number of aryl methyl sites for hydroxylation is 1. The molecule has 1 N–H and O–H groups in total. The molecule has 0 aromatic carbocycles. The Morgan fingerprint density at radius 1 is 1.50 bits per heavy atom. The highest BCUT2D eigenvalue weighted by Gasteiger charge is 2.21. The maximum Gasteiger partial charge on any atom is 0.323 e. The zero-order valence-electron chi connectivity index (χ0n) is 10.4. The third-order valence-electron chi connectivity index (χ3n) is 3.07. The van der Waals surface area contributed by atoms with Gasteiger partial charge in [0, 0.05) is 12.6 Å². The van der Waals surface area contributed by atoms with E-state index in [-0.39, 0.29) is 0 Å². The molecule has 96 valence electrons. The first-order chi connectivity index (χ1) is 8.65. The SMILES string of the molecule is Cc1nn(-c2nc(CNC3CC3)co2)c(C)c1Br. The van der Waals surface area contributed by atoms with Crippen molar-refractivity contribution in [2.45, 2.75) is 39.3 Å². The van der Waals surface area contributed by atoms with E-state index in [0.717, 1.165) is 28.1 Å². The molecule has 2 heterocycles. The van der Waals surface area contributed by atoms with Gasteiger partial charge in [-0.2, -0.15) is 14.8 Å². The van der Waals surface area contributed by atoms with Crippen molar-refractivity contribution in [1.82, 2.24) is 20.1 Å². The monoisotopic (exact) mass is 310 g/mol. The third-order valence-corrected chi connectivity index (χ3v) is 4.22. The van der Waals surface area contributed by atoms with Gasteiger partial charge in [0.25, 0.3) is 0 Å². The zero-order chi connectivity index (χ0) is 12.7. The normalized spacial score (nSPS) is 15.3. The van der Waals surface area contributed by atoms with Crippen LogP contribution in [0.5, 0.6) is 0 Å². The maximum atomic E-state index is 5.48. The Bertz CT molecular complexity index is 571. The molecular formula is C12H15BrN4O. The second-order valence-electron chi connectivity index (χ2n) is 4.67. The molecule has 0 bridgehead atoms. The zero-order valence-corrected chi connectivity index (χ0v) is 12.0. The Hall–Kier alpha value is -1.14. The predicted molar refractivity (Wildman–Crippen MR) is 70.7 cm³/mol. The van der Waals surface area contributed by atoms with Crippen molar-refractivity contribution >= 4 is 15.9 Å². The Kier molecular flexibility index (Phi) is 2.99. The van der Waals surface area contributed by atoms with Gasteiger partial charge in [-0.1, -0.05) is 0 Å². The van der Waals surface area contributed by atoms with E-state index in [0.29, 0.717) is 12.1 Å². The lowest BCUT2D eigenvalue weighted by atomic mass is 10.4. The fourth-order valence-electron chi connectivity index (χ4n) is 1.82. The van der Waals surface area contributed by atoms with Crippen LogP contribution in [-0.2, 0) is 6.54 Å². The first-order valence-corrected chi connectivity index (χ1v) is 6.84. The molecule has 0 saturated heterocycles. The summed E-state index contributed by atoms with van der Waals surface area (Å²) in [6.45, 7) is 4.69. The standard InChI is InChI=1S/C12H15BrN4O/c1-7-11(13)8(2)17(16-7)12-15-10(6-18-12)5-14-9-3-4-9/h6,9,14H,3-5H2,1-2H3. The van der Waals surface area contributed by atoms with Crippen molar-refractivity contribution in [2.24, 2.45) is 0 Å². The van der Waals surface area contributed by atoms with E-state index in [1.807, 2.05) is 13.8 Å². The van der Waals surface area contributed by atoms with Crippen molar-refractivity contribution in [1.29, 1.82) is 0 Å². The Morgan fingerprint density at radius 3 is 2.89 bits per heavy atom. The van der Waals surface area contributed by atoms with E-state index in [9.17, 15) is 0 Å². The quantitative estimate of drug-likeness (QED) is 0.942. The lowest BCUT2D eigenvalue weighted by Gasteiger charge is -1.97. The summed E-state index contributed by atoms with van der Waals surface area (Å²) in [5, 5.41) is 7.80.